The summed E-state index contributed by atoms with van der Waals surface area (Å²) in [6.45, 7) is 9.29. The molecular formula is C31H44N6O4. The maximum atomic E-state index is 14.1. The number of aromatic nitrogens is 2. The molecule has 0 bridgehead atoms. The number of ketones is 2. The molecule has 0 radical (unpaired) electrons. The highest BCUT2D eigenvalue weighted by Gasteiger charge is 2.39. The molecule has 10 heteroatoms. The molecule has 1 aliphatic heterocycles. The van der Waals surface area contributed by atoms with Crippen LogP contribution in [0.1, 0.15) is 72.4 Å². The van der Waals surface area contributed by atoms with Crippen molar-refractivity contribution in [2.75, 3.05) is 22.9 Å². The van der Waals surface area contributed by atoms with E-state index in [4.69, 9.17) is 0 Å². The number of Topliss-reactive ketones (excluding diaryl/α,β-unsaturated/α-hetero) is 2. The van der Waals surface area contributed by atoms with E-state index >= 15 is 0 Å². The first-order chi connectivity index (χ1) is 19.5. The summed E-state index contributed by atoms with van der Waals surface area (Å²) in [4.78, 5) is 64.5. The Morgan fingerprint density at radius 2 is 1.76 bits per heavy atom. The number of amides is 3. The van der Waals surface area contributed by atoms with Gasteiger partial charge in [0.15, 0.2) is 11.6 Å². The van der Waals surface area contributed by atoms with Crippen LogP contribution in [0.3, 0.4) is 0 Å². The third kappa shape index (κ3) is 7.34. The molecule has 1 saturated carbocycles. The van der Waals surface area contributed by atoms with Crippen LogP contribution in [0, 0.1) is 11.3 Å². The highest BCUT2D eigenvalue weighted by molar-refractivity contribution is 6.07. The Balaban J connectivity index is 1.63. The normalized spacial score (nSPS) is 19.0. The summed E-state index contributed by atoms with van der Waals surface area (Å²) >= 11 is 0. The molecule has 0 saturated heterocycles. The molecular weight excluding hydrogens is 520 g/mol. The second-order valence-corrected chi connectivity index (χ2v) is 12.6. The fraction of sp³-hybridized carbons (Fsp3) is 0.581. The van der Waals surface area contributed by atoms with Crippen LogP contribution in [0.25, 0.3) is 0 Å². The average Bonchev–Trinajstić information content (AvgIpc) is 3.42. The van der Waals surface area contributed by atoms with Gasteiger partial charge in [0.2, 0.25) is 0 Å². The van der Waals surface area contributed by atoms with Gasteiger partial charge in [0.1, 0.15) is 6.04 Å². The lowest BCUT2D eigenvalue weighted by Gasteiger charge is -2.37. The molecule has 2 atom stereocenters. The molecule has 1 fully saturated rings. The van der Waals surface area contributed by atoms with Gasteiger partial charge in [-0.2, -0.15) is 0 Å². The predicted octanol–water partition coefficient (Wildman–Crippen LogP) is 4.01. The van der Waals surface area contributed by atoms with Crippen molar-refractivity contribution in [3.8, 4) is 0 Å². The summed E-state index contributed by atoms with van der Waals surface area (Å²) in [5.41, 5.74) is 1.66. The smallest absolute Gasteiger partial charge is 0.316 e. The van der Waals surface area contributed by atoms with E-state index in [-0.39, 0.29) is 48.9 Å². The second kappa shape index (κ2) is 12.9. The van der Waals surface area contributed by atoms with Gasteiger partial charge < -0.3 is 25.4 Å². The molecule has 3 N–H and O–H groups in total. The highest BCUT2D eigenvalue weighted by Crippen LogP contribution is 2.37. The van der Waals surface area contributed by atoms with Crippen LogP contribution in [-0.2, 0) is 20.8 Å². The molecule has 2 aromatic rings. The molecule has 1 aromatic heterocycles. The molecule has 3 amide bonds. The van der Waals surface area contributed by atoms with Gasteiger partial charge in [-0.15, -0.1) is 0 Å². The van der Waals surface area contributed by atoms with Crippen molar-refractivity contribution in [1.29, 1.82) is 0 Å². The first kappa shape index (κ1) is 30.3. The van der Waals surface area contributed by atoms with Crippen LogP contribution in [-0.4, -0.2) is 64.7 Å². The first-order valence-electron chi connectivity index (χ1n) is 14.7. The number of imidazole rings is 1. The minimum absolute atomic E-state index is 0.0721. The van der Waals surface area contributed by atoms with Gasteiger partial charge in [0, 0.05) is 42.2 Å². The van der Waals surface area contributed by atoms with Gasteiger partial charge in [0.05, 0.1) is 30.3 Å². The lowest BCUT2D eigenvalue weighted by atomic mass is 9.90. The Kier molecular flexibility index (Phi) is 9.50. The van der Waals surface area contributed by atoms with Gasteiger partial charge in [-0.25, -0.2) is 9.78 Å². The second-order valence-electron chi connectivity index (χ2n) is 12.6. The molecule has 4 rings (SSSR count). The molecule has 222 valence electrons. The zero-order chi connectivity index (χ0) is 29.7. The standard InChI is InChI=1S/C31H44N6O4/c1-20(2)28(39)23(15-21-16-32-19-33-21)34-30(41)35-24-17-36(22-11-7-6-8-12-22)25-13-9-10-14-26(25)37(29(24)40)18-27(38)31(3,4)5/h9-10,13-14,16,19-20,22-24H,6-8,11-12,15,17-18H2,1-5H3,(H,32,33)(H2,34,35,41)/t23?,24-/m1/s1. The molecule has 0 spiro atoms. The number of fused-ring (bicyclic) bond motifs is 1. The first-order valence-corrected chi connectivity index (χ1v) is 14.7. The van der Waals surface area contributed by atoms with E-state index < -0.39 is 23.5 Å². The highest BCUT2D eigenvalue weighted by atomic mass is 16.2. The van der Waals surface area contributed by atoms with E-state index in [1.54, 1.807) is 20.0 Å². The van der Waals surface area contributed by atoms with E-state index in [0.29, 0.717) is 5.69 Å². The van der Waals surface area contributed by atoms with Crippen molar-refractivity contribution < 1.29 is 19.2 Å². The number of rotatable bonds is 9. The Labute approximate surface area is 242 Å². The van der Waals surface area contributed by atoms with Crippen LogP contribution in [0.4, 0.5) is 16.2 Å². The molecule has 1 aliphatic carbocycles. The van der Waals surface area contributed by atoms with Crippen LogP contribution < -0.4 is 20.4 Å². The maximum absolute atomic E-state index is 14.1. The van der Waals surface area contributed by atoms with Gasteiger partial charge in [0.25, 0.3) is 5.91 Å². The number of aromatic amines is 1. The van der Waals surface area contributed by atoms with Crippen molar-refractivity contribution in [2.24, 2.45) is 11.3 Å². The zero-order valence-electron chi connectivity index (χ0n) is 24.9. The third-order valence-electron chi connectivity index (χ3n) is 8.08. The number of para-hydroxylation sites is 2. The number of H-pyrrole nitrogens is 1. The van der Waals surface area contributed by atoms with Crippen molar-refractivity contribution in [3.63, 3.8) is 0 Å². The van der Waals surface area contributed by atoms with Gasteiger partial charge >= 0.3 is 6.03 Å². The van der Waals surface area contributed by atoms with E-state index in [0.717, 1.165) is 37.1 Å². The Hall–Kier alpha value is -3.69. The lowest BCUT2D eigenvalue weighted by molar-refractivity contribution is -0.127. The summed E-state index contributed by atoms with van der Waals surface area (Å²) < 4.78 is 0. The van der Waals surface area contributed by atoms with E-state index in [9.17, 15) is 19.2 Å². The van der Waals surface area contributed by atoms with Gasteiger partial charge in [-0.1, -0.05) is 66.0 Å². The van der Waals surface area contributed by atoms with Crippen LogP contribution >= 0.6 is 0 Å². The number of carbonyl (C=O) groups excluding carboxylic acids is 4. The summed E-state index contributed by atoms with van der Waals surface area (Å²) in [5, 5.41) is 5.70. The molecule has 1 unspecified atom stereocenters. The number of nitrogens with zero attached hydrogens (tertiary/aromatic N) is 3. The molecule has 2 heterocycles. The van der Waals surface area contributed by atoms with Gasteiger partial charge in [-0.05, 0) is 25.0 Å². The number of carbonyl (C=O) groups is 4. The van der Waals surface area contributed by atoms with Crippen molar-refractivity contribution >= 4 is 34.9 Å². The number of anilines is 2. The number of benzene rings is 1. The number of hydrogen-bond donors (Lipinski definition) is 3. The van der Waals surface area contributed by atoms with Crippen molar-refractivity contribution in [1.82, 2.24) is 20.6 Å². The SMILES string of the molecule is CC(C)C(=O)C(Cc1cnc[nH]1)NC(=O)N[C@@H]1CN(C2CCCCC2)c2ccccc2N(CC(=O)C(C)(C)C)C1=O. The zero-order valence-corrected chi connectivity index (χ0v) is 24.9. The third-order valence-corrected chi connectivity index (χ3v) is 8.08. The monoisotopic (exact) mass is 564 g/mol. The number of hydrogen-bond acceptors (Lipinski definition) is 6. The predicted molar refractivity (Wildman–Crippen MR) is 159 cm³/mol. The largest absolute Gasteiger partial charge is 0.364 e. The Morgan fingerprint density at radius 1 is 1.07 bits per heavy atom. The molecule has 10 nitrogen and oxygen atoms in total. The summed E-state index contributed by atoms with van der Waals surface area (Å²) in [6.07, 6.45) is 8.80. The van der Waals surface area contributed by atoms with Crippen LogP contribution in [0.5, 0.6) is 0 Å². The molecule has 41 heavy (non-hydrogen) atoms. The fourth-order valence-corrected chi connectivity index (χ4v) is 5.60. The average molecular weight is 565 g/mol. The van der Waals surface area contributed by atoms with Crippen molar-refractivity contribution in [3.05, 3.63) is 42.5 Å². The van der Waals surface area contributed by atoms with Gasteiger partial charge in [-0.3, -0.25) is 14.4 Å². The Bertz CT molecular complexity index is 1230. The quantitative estimate of drug-likeness (QED) is 0.422. The summed E-state index contributed by atoms with van der Waals surface area (Å²) in [6, 6.07) is 5.61. The molecule has 2 aliphatic rings. The fourth-order valence-electron chi connectivity index (χ4n) is 5.60. The Morgan fingerprint density at radius 3 is 2.37 bits per heavy atom. The maximum Gasteiger partial charge on any atom is 0.316 e. The minimum Gasteiger partial charge on any atom is -0.364 e. The van der Waals surface area contributed by atoms with E-state index in [2.05, 4.69) is 25.5 Å². The summed E-state index contributed by atoms with van der Waals surface area (Å²) in [5.74, 6) is -0.825. The summed E-state index contributed by atoms with van der Waals surface area (Å²) in [7, 11) is 0. The lowest BCUT2D eigenvalue weighted by Crippen LogP contribution is -2.58. The van der Waals surface area contributed by atoms with E-state index in [1.165, 1.54) is 17.6 Å². The number of urea groups is 1. The van der Waals surface area contributed by atoms with E-state index in [1.807, 2.05) is 45.0 Å². The van der Waals surface area contributed by atoms with Crippen LogP contribution in [0.15, 0.2) is 36.8 Å². The minimum atomic E-state index is -0.918. The topological polar surface area (TPSA) is 127 Å². The van der Waals surface area contributed by atoms with Crippen LogP contribution in [0.2, 0.25) is 0 Å². The number of nitrogens with one attached hydrogen (secondary N) is 3. The molecule has 1 aromatic carbocycles. The van der Waals surface area contributed by atoms with Crippen molar-refractivity contribution in [2.45, 2.75) is 91.3 Å².